The summed E-state index contributed by atoms with van der Waals surface area (Å²) in [6.07, 6.45) is 0. The summed E-state index contributed by atoms with van der Waals surface area (Å²) in [4.78, 5) is 0. The van der Waals surface area contributed by atoms with Crippen LogP contribution in [0.5, 0.6) is 0 Å². The number of hydrogen-bond donors (Lipinski definition) is 1. The highest BCUT2D eigenvalue weighted by atomic mass is 19.1. The topological polar surface area (TPSA) is 68.4 Å². The minimum Gasteiger partial charge on any atom is -0.380 e. The highest BCUT2D eigenvalue weighted by molar-refractivity contribution is 5.81. The summed E-state index contributed by atoms with van der Waals surface area (Å²) in [7, 11) is 0. The Bertz CT molecular complexity index is 809. The van der Waals surface area contributed by atoms with Gasteiger partial charge in [0.1, 0.15) is 11.1 Å². The molecule has 0 radical (unpaired) electrons. The van der Waals surface area contributed by atoms with Crippen molar-refractivity contribution in [3.8, 4) is 11.1 Å². The monoisotopic (exact) mass is 286 g/mol. The van der Waals surface area contributed by atoms with Gasteiger partial charge in [-0.2, -0.15) is 0 Å². The van der Waals surface area contributed by atoms with Crippen LogP contribution in [0.4, 0.5) is 4.39 Å². The first kappa shape index (κ1) is 12.4. The van der Waals surface area contributed by atoms with Gasteiger partial charge in [-0.3, -0.25) is 0 Å². The molecule has 0 spiro atoms. The first-order valence-corrected chi connectivity index (χ1v) is 6.49. The highest BCUT2D eigenvalue weighted by Gasteiger charge is 2.37. The zero-order valence-electron chi connectivity index (χ0n) is 10.9. The fourth-order valence-corrected chi connectivity index (χ4v) is 2.45. The molecule has 0 bridgehead atoms. The van der Waals surface area contributed by atoms with Crippen molar-refractivity contribution in [3.05, 3.63) is 47.8 Å². The van der Waals surface area contributed by atoms with Gasteiger partial charge < -0.3 is 9.84 Å². The van der Waals surface area contributed by atoms with Crippen molar-refractivity contribution < 1.29 is 18.9 Å². The van der Waals surface area contributed by atoms with Crippen molar-refractivity contribution in [2.24, 2.45) is 0 Å². The fraction of sp³-hybridized carbons (Fsp3) is 0.200. The molecule has 0 amide bonds. The van der Waals surface area contributed by atoms with Crippen molar-refractivity contribution >= 4 is 11.0 Å². The van der Waals surface area contributed by atoms with E-state index >= 15 is 0 Å². The van der Waals surface area contributed by atoms with Crippen LogP contribution in [-0.4, -0.2) is 28.6 Å². The molecule has 106 valence electrons. The largest absolute Gasteiger partial charge is 0.380 e. The average molecular weight is 286 g/mol. The van der Waals surface area contributed by atoms with Crippen molar-refractivity contribution in [2.75, 3.05) is 13.2 Å². The molecule has 1 fully saturated rings. The number of aliphatic hydroxyl groups is 1. The van der Waals surface area contributed by atoms with Gasteiger partial charge in [-0.25, -0.2) is 9.02 Å². The molecule has 1 aromatic heterocycles. The molecule has 0 atom stereocenters. The van der Waals surface area contributed by atoms with Crippen LogP contribution in [0.15, 0.2) is 41.0 Å². The van der Waals surface area contributed by atoms with E-state index in [1.165, 1.54) is 6.07 Å². The normalized spacial score (nSPS) is 16.9. The maximum absolute atomic E-state index is 13.9. The smallest absolute Gasteiger partial charge is 0.170 e. The molecule has 0 aliphatic carbocycles. The maximum atomic E-state index is 13.9. The summed E-state index contributed by atoms with van der Waals surface area (Å²) in [6.45, 7) is 0.606. The second-order valence-electron chi connectivity index (χ2n) is 5.19. The number of aromatic nitrogens is 2. The van der Waals surface area contributed by atoms with Gasteiger partial charge in [-0.1, -0.05) is 24.3 Å². The molecule has 0 unspecified atom stereocenters. The van der Waals surface area contributed by atoms with E-state index in [0.717, 1.165) is 11.1 Å². The molecule has 3 aromatic rings. The summed E-state index contributed by atoms with van der Waals surface area (Å²) < 4.78 is 23.5. The Hall–Kier alpha value is -2.31. The van der Waals surface area contributed by atoms with Gasteiger partial charge in [0, 0.05) is 0 Å². The zero-order chi connectivity index (χ0) is 14.4. The first-order chi connectivity index (χ1) is 10.2. The molecule has 0 saturated carbocycles. The van der Waals surface area contributed by atoms with Crippen LogP contribution in [-0.2, 0) is 10.3 Å². The lowest BCUT2D eigenvalue weighted by atomic mass is 9.90. The van der Waals surface area contributed by atoms with Crippen LogP contribution in [0.2, 0.25) is 0 Å². The van der Waals surface area contributed by atoms with E-state index in [1.807, 2.05) is 24.3 Å². The summed E-state index contributed by atoms with van der Waals surface area (Å²) in [5.74, 6) is -0.473. The van der Waals surface area contributed by atoms with Crippen LogP contribution >= 0.6 is 0 Å². The number of fused-ring (bicyclic) bond motifs is 1. The first-order valence-electron chi connectivity index (χ1n) is 6.49. The second kappa shape index (κ2) is 4.34. The molecular formula is C15H11FN2O3. The Labute approximate surface area is 118 Å². The number of benzene rings is 2. The Morgan fingerprint density at radius 2 is 1.81 bits per heavy atom. The molecule has 6 heteroatoms. The molecule has 2 aromatic carbocycles. The molecule has 1 aliphatic rings. The number of ether oxygens (including phenoxy) is 1. The number of hydrogen-bond acceptors (Lipinski definition) is 5. The van der Waals surface area contributed by atoms with Crippen LogP contribution in [0.3, 0.4) is 0 Å². The lowest BCUT2D eigenvalue weighted by molar-refractivity contribution is -0.184. The summed E-state index contributed by atoms with van der Waals surface area (Å²) in [5.41, 5.74) is 1.90. The van der Waals surface area contributed by atoms with Gasteiger partial charge in [0.15, 0.2) is 11.3 Å². The molecule has 5 nitrogen and oxygen atoms in total. The van der Waals surface area contributed by atoms with Gasteiger partial charge in [0.05, 0.1) is 13.2 Å². The van der Waals surface area contributed by atoms with Gasteiger partial charge in [-0.15, -0.1) is 0 Å². The molecule has 1 saturated heterocycles. The predicted octanol–water partition coefficient (Wildman–Crippen LogP) is 2.25. The molecule has 21 heavy (non-hydrogen) atoms. The third kappa shape index (κ3) is 1.91. The van der Waals surface area contributed by atoms with Crippen molar-refractivity contribution in [3.63, 3.8) is 0 Å². The zero-order valence-corrected chi connectivity index (χ0v) is 10.9. The average Bonchev–Trinajstić information content (AvgIpc) is 2.94. The van der Waals surface area contributed by atoms with E-state index in [9.17, 15) is 9.50 Å². The number of rotatable bonds is 2. The SMILES string of the molecule is OC1(c2ccc(-c3cc(F)c4nonc4c3)cc2)COC1. The van der Waals surface area contributed by atoms with E-state index in [4.69, 9.17) is 4.74 Å². The minimum absolute atomic E-state index is 0.122. The maximum Gasteiger partial charge on any atom is 0.170 e. The standard InChI is InChI=1S/C15H11FN2O3/c16-12-5-10(6-13-14(12)18-21-17-13)9-1-3-11(4-2-9)15(19)7-20-8-15/h1-6,19H,7-8H2. The van der Waals surface area contributed by atoms with Gasteiger partial charge in [-0.05, 0) is 39.1 Å². The minimum atomic E-state index is -0.899. The van der Waals surface area contributed by atoms with Gasteiger partial charge >= 0.3 is 0 Å². The van der Waals surface area contributed by atoms with E-state index in [2.05, 4.69) is 14.9 Å². The quantitative estimate of drug-likeness (QED) is 0.782. The van der Waals surface area contributed by atoms with E-state index < -0.39 is 11.4 Å². The Kier molecular flexibility index (Phi) is 2.57. The highest BCUT2D eigenvalue weighted by Crippen LogP contribution is 2.31. The molecule has 1 N–H and O–H groups in total. The van der Waals surface area contributed by atoms with Crippen LogP contribution < -0.4 is 0 Å². The summed E-state index contributed by atoms with van der Waals surface area (Å²) in [6, 6.07) is 10.4. The van der Waals surface area contributed by atoms with Crippen molar-refractivity contribution in [1.29, 1.82) is 0 Å². The summed E-state index contributed by atoms with van der Waals surface area (Å²) >= 11 is 0. The second-order valence-corrected chi connectivity index (χ2v) is 5.19. The molecular weight excluding hydrogens is 275 g/mol. The van der Waals surface area contributed by atoms with E-state index in [-0.39, 0.29) is 5.52 Å². The third-order valence-corrected chi connectivity index (χ3v) is 3.75. The lowest BCUT2D eigenvalue weighted by Crippen LogP contribution is -2.46. The van der Waals surface area contributed by atoms with Gasteiger partial charge in [0.2, 0.25) is 0 Å². The third-order valence-electron chi connectivity index (χ3n) is 3.75. The molecule has 2 heterocycles. The number of halogens is 1. The van der Waals surface area contributed by atoms with Crippen LogP contribution in [0.25, 0.3) is 22.2 Å². The predicted molar refractivity (Wildman–Crippen MR) is 71.9 cm³/mol. The van der Waals surface area contributed by atoms with Crippen molar-refractivity contribution in [2.45, 2.75) is 5.60 Å². The van der Waals surface area contributed by atoms with Gasteiger partial charge in [0.25, 0.3) is 0 Å². The van der Waals surface area contributed by atoms with Crippen LogP contribution in [0, 0.1) is 5.82 Å². The Balaban J connectivity index is 1.74. The van der Waals surface area contributed by atoms with Crippen LogP contribution in [0.1, 0.15) is 5.56 Å². The fourth-order valence-electron chi connectivity index (χ4n) is 2.45. The van der Waals surface area contributed by atoms with E-state index in [0.29, 0.717) is 24.3 Å². The molecule has 1 aliphatic heterocycles. The Morgan fingerprint density at radius 3 is 2.48 bits per heavy atom. The number of nitrogens with zero attached hydrogens (tertiary/aromatic N) is 2. The van der Waals surface area contributed by atoms with Crippen molar-refractivity contribution in [1.82, 2.24) is 10.3 Å². The Morgan fingerprint density at radius 1 is 1.05 bits per heavy atom. The molecule has 4 rings (SSSR count). The summed E-state index contributed by atoms with van der Waals surface area (Å²) in [5, 5.41) is 17.4. The lowest BCUT2D eigenvalue weighted by Gasteiger charge is -2.36. The van der Waals surface area contributed by atoms with E-state index in [1.54, 1.807) is 6.07 Å².